The van der Waals surface area contributed by atoms with Gasteiger partial charge in [0.1, 0.15) is 0 Å². The molecule has 55 heavy (non-hydrogen) atoms. The summed E-state index contributed by atoms with van der Waals surface area (Å²) in [5.41, 5.74) is 25.1. The quantitative estimate of drug-likeness (QED) is 0.0450. The lowest BCUT2D eigenvalue weighted by Gasteiger charge is -2.20. The van der Waals surface area contributed by atoms with E-state index in [1.807, 2.05) is 0 Å². The summed E-state index contributed by atoms with van der Waals surface area (Å²) in [7, 11) is 0. The number of aryl methyl sites for hydroxylation is 4. The lowest BCUT2D eigenvalue weighted by molar-refractivity contribution is 0.525. The van der Waals surface area contributed by atoms with E-state index >= 15 is 0 Å². The van der Waals surface area contributed by atoms with Crippen LogP contribution in [0.5, 0.6) is 0 Å². The second-order valence-electron chi connectivity index (χ2n) is 16.9. The SMILES string of the molecule is CCCC(c1ccc(CCCCCCCCCCCCCCCCCCCc2ccc(C(CCC)c3ccc(N)cc3C)cc2)cc1)c1ccc(N)cc1C. The van der Waals surface area contributed by atoms with E-state index in [0.717, 1.165) is 11.4 Å². The van der Waals surface area contributed by atoms with Crippen molar-refractivity contribution < 1.29 is 0 Å². The standard InChI is InChI=1S/C53H78N2/c1-5-24-52(50-38-36-48(54)40-42(50)3)46-32-28-44(29-33-46)26-22-20-18-16-14-12-10-8-7-9-11-13-15-17-19-21-23-27-45-30-34-47(35-31-45)53(25-6-2)51-39-37-49(55)41-43(51)4/h28-41,52-53H,5-27,54-55H2,1-4H3. The molecule has 0 aliphatic heterocycles. The Kier molecular flexibility index (Phi) is 20.6. The van der Waals surface area contributed by atoms with E-state index in [2.05, 4.69) is 113 Å². The topological polar surface area (TPSA) is 52.0 Å². The van der Waals surface area contributed by atoms with Crippen LogP contribution in [0, 0.1) is 13.8 Å². The second-order valence-corrected chi connectivity index (χ2v) is 16.9. The van der Waals surface area contributed by atoms with Crippen LogP contribution in [0.2, 0.25) is 0 Å². The predicted molar refractivity (Wildman–Crippen MR) is 243 cm³/mol. The van der Waals surface area contributed by atoms with Crippen molar-refractivity contribution in [2.24, 2.45) is 0 Å². The van der Waals surface area contributed by atoms with Gasteiger partial charge in [0.15, 0.2) is 0 Å². The van der Waals surface area contributed by atoms with Gasteiger partial charge in [-0.3, -0.25) is 0 Å². The highest BCUT2D eigenvalue weighted by Crippen LogP contribution is 2.34. The van der Waals surface area contributed by atoms with Crippen LogP contribution in [0.3, 0.4) is 0 Å². The predicted octanol–water partition coefficient (Wildman–Crippen LogP) is 15.7. The highest BCUT2D eigenvalue weighted by molar-refractivity contribution is 5.49. The number of anilines is 2. The minimum absolute atomic E-state index is 0.461. The summed E-state index contributed by atoms with van der Waals surface area (Å²) in [4.78, 5) is 0. The lowest BCUT2D eigenvalue weighted by Crippen LogP contribution is -2.04. The molecule has 2 heteroatoms. The van der Waals surface area contributed by atoms with Crippen molar-refractivity contribution in [1.29, 1.82) is 0 Å². The Hall–Kier alpha value is -3.52. The van der Waals surface area contributed by atoms with E-state index in [1.165, 1.54) is 192 Å². The molecule has 4 aromatic rings. The van der Waals surface area contributed by atoms with Gasteiger partial charge in [-0.1, -0.05) is 184 Å². The lowest BCUT2D eigenvalue weighted by atomic mass is 9.84. The van der Waals surface area contributed by atoms with E-state index in [9.17, 15) is 0 Å². The van der Waals surface area contributed by atoms with Gasteiger partial charge in [0.25, 0.3) is 0 Å². The van der Waals surface area contributed by atoms with Crippen LogP contribution < -0.4 is 11.5 Å². The minimum Gasteiger partial charge on any atom is -0.399 e. The Morgan fingerprint density at radius 1 is 0.382 bits per heavy atom. The van der Waals surface area contributed by atoms with Gasteiger partial charge in [0, 0.05) is 23.2 Å². The molecule has 2 unspecified atom stereocenters. The molecular formula is C53H78N2. The number of nitrogen functional groups attached to an aromatic ring is 2. The molecule has 0 heterocycles. The van der Waals surface area contributed by atoms with E-state index in [0.29, 0.717) is 11.8 Å². The fraction of sp³-hybridized carbons (Fsp3) is 0.547. The molecule has 4 N–H and O–H groups in total. The zero-order valence-corrected chi connectivity index (χ0v) is 35.7. The van der Waals surface area contributed by atoms with Crippen LogP contribution in [0.4, 0.5) is 11.4 Å². The van der Waals surface area contributed by atoms with Crippen molar-refractivity contribution in [1.82, 2.24) is 0 Å². The number of rotatable bonds is 28. The maximum Gasteiger partial charge on any atom is 0.0316 e. The Labute approximate surface area is 338 Å². The molecule has 0 spiro atoms. The molecule has 2 atom stereocenters. The number of nitrogens with two attached hydrogens (primary N) is 2. The van der Waals surface area contributed by atoms with Crippen LogP contribution in [0.1, 0.15) is 205 Å². The Balaban J connectivity index is 0.933. The number of hydrogen-bond donors (Lipinski definition) is 2. The van der Waals surface area contributed by atoms with Gasteiger partial charge in [-0.2, -0.15) is 0 Å². The molecule has 4 aromatic carbocycles. The third kappa shape index (κ3) is 15.9. The summed E-state index contributed by atoms with van der Waals surface area (Å²) in [5.74, 6) is 0.923. The van der Waals surface area contributed by atoms with Crippen molar-refractivity contribution in [3.8, 4) is 0 Å². The van der Waals surface area contributed by atoms with Gasteiger partial charge in [-0.15, -0.1) is 0 Å². The summed E-state index contributed by atoms with van der Waals surface area (Å²) in [6.45, 7) is 8.97. The zero-order valence-electron chi connectivity index (χ0n) is 35.7. The molecule has 0 aliphatic carbocycles. The largest absolute Gasteiger partial charge is 0.399 e. The maximum absolute atomic E-state index is 6.03. The molecule has 300 valence electrons. The highest BCUT2D eigenvalue weighted by atomic mass is 14.5. The third-order valence-corrected chi connectivity index (χ3v) is 12.2. The molecule has 0 bridgehead atoms. The molecule has 0 saturated carbocycles. The zero-order chi connectivity index (χ0) is 39.1. The van der Waals surface area contributed by atoms with Crippen LogP contribution in [-0.2, 0) is 12.8 Å². The van der Waals surface area contributed by atoms with Gasteiger partial charge in [0.2, 0.25) is 0 Å². The first-order valence-electron chi connectivity index (χ1n) is 22.8. The van der Waals surface area contributed by atoms with Crippen LogP contribution >= 0.6 is 0 Å². The molecule has 0 radical (unpaired) electrons. The number of unbranched alkanes of at least 4 members (excludes halogenated alkanes) is 16. The monoisotopic (exact) mass is 743 g/mol. The van der Waals surface area contributed by atoms with Crippen molar-refractivity contribution in [2.75, 3.05) is 11.5 Å². The van der Waals surface area contributed by atoms with E-state index < -0.39 is 0 Å². The first-order valence-corrected chi connectivity index (χ1v) is 22.8. The minimum atomic E-state index is 0.461. The van der Waals surface area contributed by atoms with Crippen molar-refractivity contribution in [3.63, 3.8) is 0 Å². The van der Waals surface area contributed by atoms with Gasteiger partial charge >= 0.3 is 0 Å². The molecule has 0 aromatic heterocycles. The van der Waals surface area contributed by atoms with Gasteiger partial charge in [0.05, 0.1) is 0 Å². The van der Waals surface area contributed by atoms with E-state index in [4.69, 9.17) is 11.5 Å². The summed E-state index contributed by atoms with van der Waals surface area (Å²) in [6, 6.07) is 31.8. The third-order valence-electron chi connectivity index (χ3n) is 12.2. The summed E-state index contributed by atoms with van der Waals surface area (Å²) >= 11 is 0. The molecule has 0 amide bonds. The summed E-state index contributed by atoms with van der Waals surface area (Å²) < 4.78 is 0. The maximum atomic E-state index is 6.03. The van der Waals surface area contributed by atoms with Crippen molar-refractivity contribution >= 4 is 11.4 Å². The molecule has 4 rings (SSSR count). The second kappa shape index (κ2) is 25.6. The first-order chi connectivity index (χ1) is 26.9. The normalized spacial score (nSPS) is 12.6. The highest BCUT2D eigenvalue weighted by Gasteiger charge is 2.17. The molecule has 0 aliphatic rings. The average molecular weight is 743 g/mol. The van der Waals surface area contributed by atoms with Crippen molar-refractivity contribution in [3.05, 3.63) is 129 Å². The van der Waals surface area contributed by atoms with Crippen LogP contribution in [-0.4, -0.2) is 0 Å². The average Bonchev–Trinajstić information content (AvgIpc) is 3.18. The smallest absolute Gasteiger partial charge is 0.0316 e. The number of hydrogen-bond acceptors (Lipinski definition) is 2. The fourth-order valence-corrected chi connectivity index (χ4v) is 8.90. The summed E-state index contributed by atoms with van der Waals surface area (Å²) in [5, 5.41) is 0. The molecular weight excluding hydrogens is 665 g/mol. The van der Waals surface area contributed by atoms with Crippen LogP contribution in [0.25, 0.3) is 0 Å². The van der Waals surface area contributed by atoms with Crippen LogP contribution in [0.15, 0.2) is 84.9 Å². The van der Waals surface area contributed by atoms with E-state index in [1.54, 1.807) is 0 Å². The Morgan fingerprint density at radius 3 is 0.945 bits per heavy atom. The molecule has 0 saturated heterocycles. The fourth-order valence-electron chi connectivity index (χ4n) is 8.90. The Morgan fingerprint density at radius 2 is 0.673 bits per heavy atom. The first kappa shape index (κ1) is 44.2. The van der Waals surface area contributed by atoms with Gasteiger partial charge < -0.3 is 11.5 Å². The summed E-state index contributed by atoms with van der Waals surface area (Å²) in [6.07, 6.45) is 31.0. The van der Waals surface area contributed by atoms with E-state index in [-0.39, 0.29) is 0 Å². The number of benzene rings is 4. The van der Waals surface area contributed by atoms with Gasteiger partial charge in [-0.05, 0) is 121 Å². The van der Waals surface area contributed by atoms with Crippen molar-refractivity contribution in [2.45, 2.75) is 187 Å². The Bertz CT molecular complexity index is 1480. The van der Waals surface area contributed by atoms with Gasteiger partial charge in [-0.25, -0.2) is 0 Å². The molecule has 0 fully saturated rings. The molecule has 2 nitrogen and oxygen atoms in total.